The molecule has 0 radical (unpaired) electrons. The van der Waals surface area contributed by atoms with Gasteiger partial charge in [-0.25, -0.2) is 0 Å². The minimum atomic E-state index is -0.587. The zero-order valence-electron chi connectivity index (χ0n) is 11.9. The summed E-state index contributed by atoms with van der Waals surface area (Å²) in [6, 6.07) is 29.7. The zero-order valence-corrected chi connectivity index (χ0v) is 13.6. The Hall–Kier alpha value is -2.01. The number of hydrogen-bond donors (Lipinski definition) is 0. The lowest BCUT2D eigenvalue weighted by atomic mass is 10.1. The number of fused-ring (bicyclic) bond motifs is 1. The summed E-state index contributed by atoms with van der Waals surface area (Å²) in [7, 11) is -0.587. The summed E-state index contributed by atoms with van der Waals surface area (Å²) in [6.07, 6.45) is 0. The van der Waals surface area contributed by atoms with Crippen molar-refractivity contribution in [1.29, 1.82) is 0 Å². The lowest BCUT2D eigenvalue weighted by molar-refractivity contribution is 1.70. The van der Waals surface area contributed by atoms with Crippen LogP contribution in [0.15, 0.2) is 84.9 Å². The first-order chi connectivity index (χ1) is 10.9. The molecular weight excluding hydrogens is 307 g/mol. The molecule has 22 heavy (non-hydrogen) atoms. The smallest absolute Gasteiger partial charge is 0.0609 e. The third-order valence-corrected chi connectivity index (χ3v) is 7.01. The van der Waals surface area contributed by atoms with Gasteiger partial charge in [0.05, 0.1) is 5.02 Å². The van der Waals surface area contributed by atoms with Crippen LogP contribution in [0.2, 0.25) is 5.02 Å². The van der Waals surface area contributed by atoms with E-state index in [2.05, 4.69) is 78.9 Å². The minimum absolute atomic E-state index is 0.587. The molecule has 1 aromatic heterocycles. The highest BCUT2D eigenvalue weighted by Gasteiger charge is 2.18. The maximum atomic E-state index is 6.78. The van der Waals surface area contributed by atoms with Gasteiger partial charge in [-0.1, -0.05) is 98.0 Å². The van der Waals surface area contributed by atoms with Crippen molar-refractivity contribution in [3.63, 3.8) is 0 Å². The Morgan fingerprint density at radius 2 is 1.23 bits per heavy atom. The predicted octanol–water partition coefficient (Wildman–Crippen LogP) is 7.14. The largest absolute Gasteiger partial charge is 0.0826 e. The molecule has 1 atom stereocenters. The van der Waals surface area contributed by atoms with Gasteiger partial charge in [-0.15, -0.1) is 0 Å². The minimum Gasteiger partial charge on any atom is -0.0826 e. The van der Waals surface area contributed by atoms with E-state index in [1.807, 2.05) is 6.07 Å². The average Bonchev–Trinajstić information content (AvgIpc) is 2.90. The van der Waals surface area contributed by atoms with E-state index < -0.39 is 7.53 Å². The molecule has 1 unspecified atom stereocenters. The fourth-order valence-electron chi connectivity index (χ4n) is 2.90. The van der Waals surface area contributed by atoms with Crippen molar-refractivity contribution in [3.8, 4) is 16.2 Å². The van der Waals surface area contributed by atoms with Gasteiger partial charge >= 0.3 is 0 Å². The molecule has 0 bridgehead atoms. The summed E-state index contributed by atoms with van der Waals surface area (Å²) in [6.45, 7) is 0. The van der Waals surface area contributed by atoms with Crippen LogP contribution in [0.1, 0.15) is 0 Å². The van der Waals surface area contributed by atoms with Crippen LogP contribution in [0, 0.1) is 0 Å². The number of halogens is 1. The van der Waals surface area contributed by atoms with Crippen LogP contribution in [0.4, 0.5) is 0 Å². The maximum Gasteiger partial charge on any atom is 0.0609 e. The molecular formula is C20H14ClP. The van der Waals surface area contributed by atoms with Crippen LogP contribution in [0.3, 0.4) is 0 Å². The molecule has 2 heteroatoms. The van der Waals surface area contributed by atoms with Crippen molar-refractivity contribution in [3.05, 3.63) is 90.0 Å². The van der Waals surface area contributed by atoms with E-state index in [0.717, 1.165) is 5.02 Å². The van der Waals surface area contributed by atoms with Gasteiger partial charge in [0.15, 0.2) is 0 Å². The molecule has 3 aromatic carbocycles. The molecule has 0 aliphatic carbocycles. The topological polar surface area (TPSA) is 0 Å². The molecule has 4 rings (SSSR count). The van der Waals surface area contributed by atoms with Gasteiger partial charge in [0, 0.05) is 15.8 Å². The Morgan fingerprint density at radius 3 is 1.95 bits per heavy atom. The summed E-state index contributed by atoms with van der Waals surface area (Å²) in [5.41, 5.74) is 1.22. The van der Waals surface area contributed by atoms with Gasteiger partial charge < -0.3 is 0 Å². The number of rotatable bonds is 2. The normalized spacial score (nSPS) is 11.8. The van der Waals surface area contributed by atoms with Gasteiger partial charge in [0.2, 0.25) is 0 Å². The predicted molar refractivity (Wildman–Crippen MR) is 98.4 cm³/mol. The van der Waals surface area contributed by atoms with E-state index in [0.29, 0.717) is 0 Å². The molecule has 0 aliphatic rings. The highest BCUT2D eigenvalue weighted by atomic mass is 35.5. The molecule has 0 saturated heterocycles. The van der Waals surface area contributed by atoms with E-state index in [-0.39, 0.29) is 0 Å². The van der Waals surface area contributed by atoms with Crippen molar-refractivity contribution in [2.24, 2.45) is 0 Å². The molecule has 4 aromatic rings. The Kier molecular flexibility index (Phi) is 3.50. The number of benzene rings is 3. The van der Waals surface area contributed by atoms with Crippen LogP contribution in [-0.2, 0) is 0 Å². The molecule has 1 heterocycles. The fraction of sp³-hybridized carbons (Fsp3) is 0. The van der Waals surface area contributed by atoms with Crippen molar-refractivity contribution in [2.75, 3.05) is 0 Å². The van der Waals surface area contributed by atoms with Crippen LogP contribution < -0.4 is 0 Å². The van der Waals surface area contributed by atoms with E-state index >= 15 is 0 Å². The molecule has 106 valence electrons. The molecule has 0 aliphatic heterocycles. The second kappa shape index (κ2) is 5.65. The Bertz CT molecular complexity index is 924. The zero-order chi connectivity index (χ0) is 14.9. The van der Waals surface area contributed by atoms with Gasteiger partial charge in [-0.3, -0.25) is 0 Å². The maximum absolute atomic E-state index is 6.78. The Morgan fingerprint density at radius 1 is 0.636 bits per heavy atom. The molecule has 0 saturated carbocycles. The lowest BCUT2D eigenvalue weighted by Crippen LogP contribution is -1.73. The van der Waals surface area contributed by atoms with Gasteiger partial charge in [-0.05, 0) is 16.9 Å². The summed E-state index contributed by atoms with van der Waals surface area (Å²) >= 11 is 6.78. The summed E-state index contributed by atoms with van der Waals surface area (Å²) in [5, 5.41) is 6.05. The third kappa shape index (κ3) is 2.16. The standard InChI is InChI=1S/C20H14ClP/c21-19-17-13-7-8-14-18(17)22(16-11-5-2-6-12-16)20(19)15-9-3-1-4-10-15/h1-14H. The molecule has 0 spiro atoms. The van der Waals surface area contributed by atoms with Crippen molar-refractivity contribution in [1.82, 2.24) is 0 Å². The molecule has 0 amide bonds. The Balaban J connectivity index is 2.14. The lowest BCUT2D eigenvalue weighted by Gasteiger charge is -2.08. The van der Waals surface area contributed by atoms with Crippen molar-refractivity contribution in [2.45, 2.75) is 0 Å². The number of hydrogen-bond acceptors (Lipinski definition) is 0. The first kappa shape index (κ1) is 13.6. The summed E-state index contributed by atoms with van der Waals surface area (Å²) < 4.78 is 0. The third-order valence-electron chi connectivity index (χ3n) is 3.87. The quantitative estimate of drug-likeness (QED) is 0.368. The second-order valence-corrected chi connectivity index (χ2v) is 7.71. The average molecular weight is 321 g/mol. The van der Waals surface area contributed by atoms with Crippen LogP contribution in [0.25, 0.3) is 26.7 Å². The van der Waals surface area contributed by atoms with Crippen LogP contribution in [-0.4, -0.2) is 0 Å². The van der Waals surface area contributed by atoms with Crippen LogP contribution >= 0.6 is 19.1 Å². The van der Waals surface area contributed by atoms with E-state index in [9.17, 15) is 0 Å². The van der Waals surface area contributed by atoms with Crippen molar-refractivity contribution < 1.29 is 0 Å². The first-order valence-electron chi connectivity index (χ1n) is 7.26. The molecule has 0 N–H and O–H groups in total. The van der Waals surface area contributed by atoms with Gasteiger partial charge in [0.25, 0.3) is 0 Å². The first-order valence-corrected chi connectivity index (χ1v) is 8.98. The van der Waals surface area contributed by atoms with E-state index in [4.69, 9.17) is 11.6 Å². The van der Waals surface area contributed by atoms with E-state index in [1.165, 1.54) is 26.7 Å². The molecule has 0 nitrogen and oxygen atoms in total. The summed E-state index contributed by atoms with van der Waals surface area (Å²) in [5.74, 6) is 0. The van der Waals surface area contributed by atoms with Gasteiger partial charge in [0.1, 0.15) is 0 Å². The SMILES string of the molecule is Clc1c(-c2ccccc2)p(-c2ccccc2)c2ccccc12. The van der Waals surface area contributed by atoms with E-state index in [1.54, 1.807) is 0 Å². The second-order valence-electron chi connectivity index (χ2n) is 5.22. The van der Waals surface area contributed by atoms with Gasteiger partial charge in [-0.2, -0.15) is 0 Å². The fourth-order valence-corrected chi connectivity index (χ4v) is 6.12. The van der Waals surface area contributed by atoms with Crippen molar-refractivity contribution >= 4 is 29.6 Å². The Labute approximate surface area is 136 Å². The highest BCUT2D eigenvalue weighted by Crippen LogP contribution is 2.59. The monoisotopic (exact) mass is 320 g/mol. The molecule has 0 fully saturated rings. The summed E-state index contributed by atoms with van der Waals surface area (Å²) in [4.78, 5) is 0. The highest BCUT2D eigenvalue weighted by molar-refractivity contribution is 7.65. The van der Waals surface area contributed by atoms with Crippen LogP contribution in [0.5, 0.6) is 0 Å².